The van der Waals surface area contributed by atoms with E-state index in [1.54, 1.807) is 72.8 Å². The van der Waals surface area contributed by atoms with Gasteiger partial charge in [0.15, 0.2) is 0 Å². The molecule has 0 radical (unpaired) electrons. The molecule has 0 saturated heterocycles. The summed E-state index contributed by atoms with van der Waals surface area (Å²) >= 11 is 0. The predicted molar refractivity (Wildman–Crippen MR) is 114 cm³/mol. The molecule has 0 heterocycles. The van der Waals surface area contributed by atoms with Crippen LogP contribution in [0.5, 0.6) is 17.2 Å². The molecule has 0 fully saturated rings. The Kier molecular flexibility index (Phi) is 7.71. The molecule has 4 nitrogen and oxygen atoms in total. The maximum Gasteiger partial charge on any atom is 0.647 e. The van der Waals surface area contributed by atoms with Crippen molar-refractivity contribution in [2.24, 2.45) is 5.41 Å². The molecule has 0 atom stereocenters. The third-order valence-electron chi connectivity index (χ3n) is 2.88. The van der Waals surface area contributed by atoms with Gasteiger partial charge in [0, 0.05) is 0 Å². The molecule has 28 heavy (non-hydrogen) atoms. The minimum Gasteiger partial charge on any atom is -0.386 e. The molecular formula is C23H27O4P. The van der Waals surface area contributed by atoms with Gasteiger partial charge in [-0.05, 0) is 41.8 Å². The van der Waals surface area contributed by atoms with Gasteiger partial charge in [-0.15, -0.1) is 0 Å². The molecule has 148 valence electrons. The molecule has 0 aliphatic heterocycles. The standard InChI is InChI=1S/C18H15O4P.C5H12/c19-23(20-16-10-4-1-5-11-16,21-17-12-6-2-7-13-17)22-18-14-8-3-9-15-18;1-5(2,3)4/h1-15H;1-4H3. The van der Waals surface area contributed by atoms with E-state index in [2.05, 4.69) is 27.7 Å². The van der Waals surface area contributed by atoms with Crippen LogP contribution in [0.15, 0.2) is 91.0 Å². The highest BCUT2D eigenvalue weighted by molar-refractivity contribution is 7.49. The van der Waals surface area contributed by atoms with E-state index in [1.165, 1.54) is 0 Å². The maximum atomic E-state index is 13.1. The quantitative estimate of drug-likeness (QED) is 0.406. The van der Waals surface area contributed by atoms with E-state index in [1.807, 2.05) is 18.2 Å². The largest absolute Gasteiger partial charge is 0.647 e. The number of benzene rings is 3. The summed E-state index contributed by atoms with van der Waals surface area (Å²) in [6, 6.07) is 26.4. The molecule has 0 spiro atoms. The van der Waals surface area contributed by atoms with Crippen molar-refractivity contribution in [3.8, 4) is 17.2 Å². The molecule has 5 heteroatoms. The van der Waals surface area contributed by atoms with Crippen LogP contribution in [0.25, 0.3) is 0 Å². The molecule has 0 N–H and O–H groups in total. The minimum atomic E-state index is -3.89. The molecule has 0 saturated carbocycles. The van der Waals surface area contributed by atoms with Crippen molar-refractivity contribution in [1.82, 2.24) is 0 Å². The minimum absolute atomic E-state index is 0.405. The van der Waals surface area contributed by atoms with Gasteiger partial charge >= 0.3 is 7.82 Å². The van der Waals surface area contributed by atoms with E-state index in [9.17, 15) is 4.57 Å². The lowest BCUT2D eigenvalue weighted by atomic mass is 10.0. The van der Waals surface area contributed by atoms with Crippen LogP contribution in [0.2, 0.25) is 0 Å². The number of phosphoric acid groups is 1. The van der Waals surface area contributed by atoms with Gasteiger partial charge < -0.3 is 13.6 Å². The topological polar surface area (TPSA) is 44.8 Å². The fourth-order valence-corrected chi connectivity index (χ4v) is 3.14. The van der Waals surface area contributed by atoms with Crippen molar-refractivity contribution in [3.63, 3.8) is 0 Å². The number of para-hydroxylation sites is 3. The Balaban J connectivity index is 0.000000500. The molecule has 3 aromatic rings. The summed E-state index contributed by atoms with van der Waals surface area (Å²) in [4.78, 5) is 0. The van der Waals surface area contributed by atoms with Gasteiger partial charge in [0.2, 0.25) is 0 Å². The van der Waals surface area contributed by atoms with Gasteiger partial charge in [-0.2, -0.15) is 4.57 Å². The first kappa shape index (κ1) is 21.6. The summed E-state index contributed by atoms with van der Waals surface area (Å²) in [5.41, 5.74) is 0.500. The van der Waals surface area contributed by atoms with Crippen LogP contribution in [-0.4, -0.2) is 0 Å². The summed E-state index contributed by atoms with van der Waals surface area (Å²) in [7, 11) is -3.89. The van der Waals surface area contributed by atoms with Gasteiger partial charge in [-0.1, -0.05) is 82.3 Å². The highest BCUT2D eigenvalue weighted by Gasteiger charge is 2.33. The van der Waals surface area contributed by atoms with Gasteiger partial charge in [0.1, 0.15) is 17.2 Å². The van der Waals surface area contributed by atoms with E-state index >= 15 is 0 Å². The Hall–Kier alpha value is -2.71. The van der Waals surface area contributed by atoms with E-state index in [0.717, 1.165) is 0 Å². The number of rotatable bonds is 6. The van der Waals surface area contributed by atoms with Crippen molar-refractivity contribution in [3.05, 3.63) is 91.0 Å². The Bertz CT molecular complexity index is 745. The number of hydrogen-bond donors (Lipinski definition) is 0. The number of hydrogen-bond acceptors (Lipinski definition) is 4. The third-order valence-corrected chi connectivity index (χ3v) is 4.18. The zero-order valence-electron chi connectivity index (χ0n) is 16.7. The lowest BCUT2D eigenvalue weighted by Crippen LogP contribution is -2.07. The average Bonchev–Trinajstić information content (AvgIpc) is 2.62. The molecule has 0 bridgehead atoms. The molecule has 0 aromatic heterocycles. The monoisotopic (exact) mass is 398 g/mol. The Morgan fingerprint density at radius 1 is 0.536 bits per heavy atom. The summed E-state index contributed by atoms with van der Waals surface area (Å²) in [5, 5.41) is 0. The first-order chi connectivity index (χ1) is 13.2. The van der Waals surface area contributed by atoms with Gasteiger partial charge in [0.05, 0.1) is 0 Å². The Labute approximate surface area is 167 Å². The summed E-state index contributed by atoms with van der Waals surface area (Å²) in [5.74, 6) is 1.22. The second-order valence-corrected chi connectivity index (χ2v) is 9.10. The van der Waals surface area contributed by atoms with Crippen molar-refractivity contribution in [2.45, 2.75) is 27.7 Å². The second kappa shape index (κ2) is 10.0. The molecular weight excluding hydrogens is 371 g/mol. The fourth-order valence-electron chi connectivity index (χ4n) is 1.89. The summed E-state index contributed by atoms with van der Waals surface area (Å²) in [6.07, 6.45) is 0. The Morgan fingerprint density at radius 3 is 0.964 bits per heavy atom. The molecule has 0 aliphatic carbocycles. The lowest BCUT2D eigenvalue weighted by Gasteiger charge is -2.19. The lowest BCUT2D eigenvalue weighted by molar-refractivity contribution is 0.298. The van der Waals surface area contributed by atoms with Crippen LogP contribution in [-0.2, 0) is 4.57 Å². The van der Waals surface area contributed by atoms with Crippen molar-refractivity contribution in [2.75, 3.05) is 0 Å². The number of phosphoric ester groups is 1. The van der Waals surface area contributed by atoms with Gasteiger partial charge in [-0.3, -0.25) is 0 Å². The van der Waals surface area contributed by atoms with Crippen molar-refractivity contribution >= 4 is 7.82 Å². The first-order valence-electron chi connectivity index (χ1n) is 9.07. The van der Waals surface area contributed by atoms with Gasteiger partial charge in [-0.25, -0.2) is 0 Å². The highest BCUT2D eigenvalue weighted by atomic mass is 31.2. The van der Waals surface area contributed by atoms with Crippen LogP contribution in [0, 0.1) is 5.41 Å². The summed E-state index contributed by atoms with van der Waals surface area (Å²) < 4.78 is 29.6. The van der Waals surface area contributed by atoms with Gasteiger partial charge in [0.25, 0.3) is 0 Å². The Morgan fingerprint density at radius 2 is 0.750 bits per heavy atom. The average molecular weight is 398 g/mol. The first-order valence-corrected chi connectivity index (χ1v) is 10.5. The van der Waals surface area contributed by atoms with E-state index in [4.69, 9.17) is 13.6 Å². The maximum absolute atomic E-state index is 13.1. The summed E-state index contributed by atoms with van der Waals surface area (Å²) in [6.45, 7) is 8.75. The normalized spacial score (nSPS) is 11.0. The van der Waals surface area contributed by atoms with Crippen molar-refractivity contribution < 1.29 is 18.1 Å². The van der Waals surface area contributed by atoms with Crippen molar-refractivity contribution in [1.29, 1.82) is 0 Å². The van der Waals surface area contributed by atoms with E-state index < -0.39 is 7.82 Å². The van der Waals surface area contributed by atoms with E-state index in [0.29, 0.717) is 22.7 Å². The highest BCUT2D eigenvalue weighted by Crippen LogP contribution is 2.49. The predicted octanol–water partition coefficient (Wildman–Crippen LogP) is 7.38. The third kappa shape index (κ3) is 8.79. The molecule has 0 amide bonds. The molecule has 0 aliphatic rings. The van der Waals surface area contributed by atoms with Crippen LogP contribution < -0.4 is 13.6 Å². The molecule has 3 rings (SSSR count). The second-order valence-electron chi connectivity index (χ2n) is 7.66. The zero-order chi connectivity index (χ0) is 20.5. The fraction of sp³-hybridized carbons (Fsp3) is 0.217. The van der Waals surface area contributed by atoms with E-state index in [-0.39, 0.29) is 0 Å². The van der Waals surface area contributed by atoms with Crippen LogP contribution >= 0.6 is 7.82 Å². The van der Waals surface area contributed by atoms with Crippen LogP contribution in [0.3, 0.4) is 0 Å². The smallest absolute Gasteiger partial charge is 0.386 e. The molecule has 3 aromatic carbocycles. The zero-order valence-corrected chi connectivity index (χ0v) is 17.6. The van der Waals surface area contributed by atoms with Crippen LogP contribution in [0.4, 0.5) is 0 Å². The SMILES string of the molecule is CC(C)(C)C.O=P(Oc1ccccc1)(Oc1ccccc1)Oc1ccccc1. The van der Waals surface area contributed by atoms with Crippen LogP contribution in [0.1, 0.15) is 27.7 Å². The molecule has 0 unspecified atom stereocenters.